The van der Waals surface area contributed by atoms with Crippen molar-refractivity contribution in [3.63, 3.8) is 0 Å². The number of carbonyl (C=O) groups is 2. The molecule has 0 aliphatic carbocycles. The molecule has 0 spiro atoms. The molecule has 20 heavy (non-hydrogen) atoms. The van der Waals surface area contributed by atoms with Gasteiger partial charge in [0.2, 0.25) is 0 Å². The fourth-order valence-electron chi connectivity index (χ4n) is 2.35. The number of fused-ring (bicyclic) bond motifs is 1. The molecular weight excluding hydrogens is 326 g/mol. The van der Waals surface area contributed by atoms with Crippen LogP contribution in [0.3, 0.4) is 0 Å². The lowest BCUT2D eigenvalue weighted by Gasteiger charge is -2.27. The van der Waals surface area contributed by atoms with Crippen LogP contribution >= 0.6 is 15.9 Å². The highest BCUT2D eigenvalue weighted by molar-refractivity contribution is 9.10. The number of ether oxygens (including phenoxy) is 1. The van der Waals surface area contributed by atoms with Gasteiger partial charge in [-0.1, -0.05) is 15.9 Å². The number of aliphatic hydroxyl groups excluding tert-OH is 1. The molecule has 2 unspecified atom stereocenters. The summed E-state index contributed by atoms with van der Waals surface area (Å²) in [6.07, 6.45) is -0.990. The van der Waals surface area contributed by atoms with Gasteiger partial charge >= 0.3 is 5.97 Å². The Bertz CT molecular complexity index is 544. The molecule has 6 heteroatoms. The van der Waals surface area contributed by atoms with Crippen LogP contribution in [0.25, 0.3) is 0 Å². The third-order valence-electron chi connectivity index (χ3n) is 3.22. The minimum atomic E-state index is -0.990. The van der Waals surface area contributed by atoms with E-state index >= 15 is 0 Å². The van der Waals surface area contributed by atoms with Crippen molar-refractivity contribution in [2.24, 2.45) is 0 Å². The van der Waals surface area contributed by atoms with Crippen molar-refractivity contribution in [2.75, 3.05) is 6.61 Å². The Morgan fingerprint density at radius 1 is 1.55 bits per heavy atom. The monoisotopic (exact) mass is 341 g/mol. The molecule has 0 radical (unpaired) electrons. The second kappa shape index (κ2) is 5.93. The zero-order valence-corrected chi connectivity index (χ0v) is 12.9. The number of amides is 1. The van der Waals surface area contributed by atoms with Crippen LogP contribution in [0.4, 0.5) is 0 Å². The highest BCUT2D eigenvalue weighted by atomic mass is 79.9. The Morgan fingerprint density at radius 3 is 2.85 bits per heavy atom. The second-order valence-corrected chi connectivity index (χ2v) is 5.59. The second-order valence-electron chi connectivity index (χ2n) is 4.67. The molecule has 1 N–H and O–H groups in total. The third kappa shape index (κ3) is 2.71. The smallest absolute Gasteiger partial charge is 0.331 e. The molecule has 0 saturated carbocycles. The van der Waals surface area contributed by atoms with Gasteiger partial charge in [-0.15, -0.1) is 0 Å². The van der Waals surface area contributed by atoms with Crippen molar-refractivity contribution < 1.29 is 19.4 Å². The Kier molecular flexibility index (Phi) is 4.45. The van der Waals surface area contributed by atoms with Gasteiger partial charge in [0.25, 0.3) is 5.91 Å². The zero-order chi connectivity index (χ0) is 14.9. The van der Waals surface area contributed by atoms with Gasteiger partial charge in [0.15, 0.2) is 6.04 Å². The zero-order valence-electron chi connectivity index (χ0n) is 11.3. The molecule has 2 rings (SSSR count). The summed E-state index contributed by atoms with van der Waals surface area (Å²) in [5.74, 6) is -0.839. The fourth-order valence-corrected chi connectivity index (χ4v) is 2.76. The first kappa shape index (κ1) is 15.0. The molecule has 1 aromatic rings. The van der Waals surface area contributed by atoms with Crippen LogP contribution in [0, 0.1) is 0 Å². The van der Waals surface area contributed by atoms with Gasteiger partial charge in [-0.25, -0.2) is 4.79 Å². The SMILES string of the molecule is CCOC(=O)C(C(C)O)N1Cc2cc(Br)ccc2C1=O. The largest absolute Gasteiger partial charge is 0.464 e. The van der Waals surface area contributed by atoms with Crippen molar-refractivity contribution in [3.8, 4) is 0 Å². The number of carbonyl (C=O) groups excluding carboxylic acids is 2. The maximum Gasteiger partial charge on any atom is 0.331 e. The maximum atomic E-state index is 12.4. The van der Waals surface area contributed by atoms with Gasteiger partial charge in [-0.05, 0) is 37.6 Å². The Balaban J connectivity index is 2.29. The summed E-state index contributed by atoms with van der Waals surface area (Å²) in [6.45, 7) is 3.67. The molecule has 108 valence electrons. The number of esters is 1. The summed E-state index contributed by atoms with van der Waals surface area (Å²) in [5, 5.41) is 9.82. The van der Waals surface area contributed by atoms with Crippen molar-refractivity contribution >= 4 is 27.8 Å². The predicted octanol–water partition coefficient (Wildman–Crippen LogP) is 1.72. The standard InChI is InChI=1S/C14H16BrNO4/c1-3-20-14(19)12(8(2)17)16-7-9-6-10(15)4-5-11(9)13(16)18/h4-6,8,12,17H,3,7H2,1-2H3. The van der Waals surface area contributed by atoms with E-state index in [1.54, 1.807) is 19.1 Å². The van der Waals surface area contributed by atoms with E-state index in [2.05, 4.69) is 15.9 Å². The molecule has 1 amide bonds. The lowest BCUT2D eigenvalue weighted by molar-refractivity contribution is -0.152. The number of nitrogens with zero attached hydrogens (tertiary/aromatic N) is 1. The highest BCUT2D eigenvalue weighted by Gasteiger charge is 2.39. The summed E-state index contributed by atoms with van der Waals surface area (Å²) in [5.41, 5.74) is 1.39. The molecule has 1 aliphatic heterocycles. The van der Waals surface area contributed by atoms with Crippen molar-refractivity contribution in [3.05, 3.63) is 33.8 Å². The number of aliphatic hydroxyl groups is 1. The predicted molar refractivity (Wildman–Crippen MR) is 76.1 cm³/mol. The lowest BCUT2D eigenvalue weighted by atomic mass is 10.1. The number of hydrogen-bond donors (Lipinski definition) is 1. The highest BCUT2D eigenvalue weighted by Crippen LogP contribution is 2.28. The van der Waals surface area contributed by atoms with Gasteiger partial charge in [0, 0.05) is 16.6 Å². The molecule has 2 atom stereocenters. The van der Waals surface area contributed by atoms with E-state index in [4.69, 9.17) is 4.74 Å². The molecule has 0 aromatic heterocycles. The van der Waals surface area contributed by atoms with Crippen LogP contribution in [-0.2, 0) is 16.1 Å². The molecule has 1 aromatic carbocycles. The minimum absolute atomic E-state index is 0.211. The molecule has 0 fully saturated rings. The summed E-state index contributed by atoms with van der Waals surface area (Å²) in [6, 6.07) is 4.36. The Hall–Kier alpha value is -1.40. The first-order chi connectivity index (χ1) is 9.45. The van der Waals surface area contributed by atoms with Gasteiger partial charge in [-0.2, -0.15) is 0 Å². The van der Waals surface area contributed by atoms with Crippen LogP contribution in [0.5, 0.6) is 0 Å². The van der Waals surface area contributed by atoms with Crippen molar-refractivity contribution in [1.29, 1.82) is 0 Å². The van der Waals surface area contributed by atoms with Gasteiger partial charge < -0.3 is 14.7 Å². The molecule has 1 heterocycles. The fraction of sp³-hybridized carbons (Fsp3) is 0.429. The van der Waals surface area contributed by atoms with E-state index in [-0.39, 0.29) is 12.5 Å². The summed E-state index contributed by atoms with van der Waals surface area (Å²) in [4.78, 5) is 25.7. The van der Waals surface area contributed by atoms with Crippen molar-refractivity contribution in [1.82, 2.24) is 4.90 Å². The summed E-state index contributed by atoms with van der Waals surface area (Å²) in [7, 11) is 0. The first-order valence-electron chi connectivity index (χ1n) is 6.39. The van der Waals surface area contributed by atoms with E-state index in [1.165, 1.54) is 11.8 Å². The van der Waals surface area contributed by atoms with Crippen LogP contribution in [0.15, 0.2) is 22.7 Å². The van der Waals surface area contributed by atoms with E-state index in [1.807, 2.05) is 6.07 Å². The molecule has 0 bridgehead atoms. The van der Waals surface area contributed by atoms with Crippen LogP contribution < -0.4 is 0 Å². The first-order valence-corrected chi connectivity index (χ1v) is 7.19. The van der Waals surface area contributed by atoms with Crippen LogP contribution in [0.2, 0.25) is 0 Å². The van der Waals surface area contributed by atoms with Crippen LogP contribution in [0.1, 0.15) is 29.8 Å². The number of halogens is 1. The van der Waals surface area contributed by atoms with Gasteiger partial charge in [-0.3, -0.25) is 4.79 Å². The van der Waals surface area contributed by atoms with Crippen LogP contribution in [-0.4, -0.2) is 40.6 Å². The third-order valence-corrected chi connectivity index (χ3v) is 3.71. The van der Waals surface area contributed by atoms with E-state index < -0.39 is 18.1 Å². The Labute approximate surface area is 125 Å². The van der Waals surface area contributed by atoms with Gasteiger partial charge in [0.05, 0.1) is 12.7 Å². The van der Waals surface area contributed by atoms with E-state index in [0.717, 1.165) is 10.0 Å². The van der Waals surface area contributed by atoms with Crippen molar-refractivity contribution in [2.45, 2.75) is 32.5 Å². The van der Waals surface area contributed by atoms with E-state index in [0.29, 0.717) is 12.1 Å². The quantitative estimate of drug-likeness (QED) is 0.846. The van der Waals surface area contributed by atoms with Gasteiger partial charge in [0.1, 0.15) is 0 Å². The molecular formula is C14H16BrNO4. The number of rotatable bonds is 4. The molecule has 0 saturated heterocycles. The van der Waals surface area contributed by atoms with E-state index in [9.17, 15) is 14.7 Å². The maximum absolute atomic E-state index is 12.4. The summed E-state index contributed by atoms with van der Waals surface area (Å²) < 4.78 is 5.82. The number of hydrogen-bond acceptors (Lipinski definition) is 4. The minimum Gasteiger partial charge on any atom is -0.464 e. The average Bonchev–Trinajstić information content (AvgIpc) is 2.66. The lowest BCUT2D eigenvalue weighted by Crippen LogP contribution is -2.48. The molecule has 1 aliphatic rings. The topological polar surface area (TPSA) is 66.8 Å². The molecule has 5 nitrogen and oxygen atoms in total. The Morgan fingerprint density at radius 2 is 2.25 bits per heavy atom. The normalized spacial score (nSPS) is 16.8. The average molecular weight is 342 g/mol. The number of benzene rings is 1. The summed E-state index contributed by atoms with van der Waals surface area (Å²) >= 11 is 3.35.